The van der Waals surface area contributed by atoms with Gasteiger partial charge in [-0.3, -0.25) is 14.4 Å². The molecule has 98 valence electrons. The minimum atomic E-state index is -0.946. The SMILES string of the molecule is COC(=O)CN(C)C(=O)CC(C)(C)CC(=O)O. The molecule has 0 saturated carbocycles. The minimum Gasteiger partial charge on any atom is -0.481 e. The van der Waals surface area contributed by atoms with Crippen LogP contribution in [0, 0.1) is 5.41 Å². The summed E-state index contributed by atoms with van der Waals surface area (Å²) in [6.45, 7) is 3.27. The number of esters is 1. The highest BCUT2D eigenvalue weighted by Gasteiger charge is 2.27. The van der Waals surface area contributed by atoms with Crippen LogP contribution in [0.25, 0.3) is 0 Å². The van der Waals surface area contributed by atoms with Gasteiger partial charge in [-0.1, -0.05) is 13.8 Å². The molecule has 0 radical (unpaired) electrons. The van der Waals surface area contributed by atoms with Crippen molar-refractivity contribution in [2.75, 3.05) is 20.7 Å². The number of methoxy groups -OCH3 is 1. The van der Waals surface area contributed by atoms with Gasteiger partial charge in [-0.05, 0) is 5.41 Å². The van der Waals surface area contributed by atoms with Crippen molar-refractivity contribution in [1.29, 1.82) is 0 Å². The van der Waals surface area contributed by atoms with Crippen molar-refractivity contribution < 1.29 is 24.2 Å². The van der Waals surface area contributed by atoms with Crippen LogP contribution in [-0.4, -0.2) is 48.6 Å². The lowest BCUT2D eigenvalue weighted by molar-refractivity contribution is -0.147. The molecule has 6 heteroatoms. The van der Waals surface area contributed by atoms with Crippen LogP contribution in [0.3, 0.4) is 0 Å². The van der Waals surface area contributed by atoms with E-state index in [4.69, 9.17) is 5.11 Å². The molecule has 0 atom stereocenters. The summed E-state index contributed by atoms with van der Waals surface area (Å²) in [7, 11) is 2.73. The third kappa shape index (κ3) is 6.55. The topological polar surface area (TPSA) is 83.9 Å². The quantitative estimate of drug-likeness (QED) is 0.689. The number of carbonyl (C=O) groups is 3. The van der Waals surface area contributed by atoms with Gasteiger partial charge in [-0.2, -0.15) is 0 Å². The van der Waals surface area contributed by atoms with Gasteiger partial charge in [-0.15, -0.1) is 0 Å². The Morgan fingerprint density at radius 2 is 1.76 bits per heavy atom. The van der Waals surface area contributed by atoms with Gasteiger partial charge in [0, 0.05) is 13.5 Å². The molecule has 0 spiro atoms. The molecule has 1 N–H and O–H groups in total. The number of hydrogen-bond acceptors (Lipinski definition) is 4. The molecule has 0 aromatic rings. The van der Waals surface area contributed by atoms with E-state index < -0.39 is 17.4 Å². The number of hydrogen-bond donors (Lipinski definition) is 1. The molecular formula is C11H19NO5. The Bertz CT molecular complexity index is 311. The first-order chi connectivity index (χ1) is 7.68. The molecule has 0 aliphatic heterocycles. The fourth-order valence-electron chi connectivity index (χ4n) is 1.36. The number of carbonyl (C=O) groups excluding carboxylic acids is 2. The maximum atomic E-state index is 11.7. The third-order valence-electron chi connectivity index (χ3n) is 2.28. The van der Waals surface area contributed by atoms with E-state index in [1.54, 1.807) is 13.8 Å². The third-order valence-corrected chi connectivity index (χ3v) is 2.28. The van der Waals surface area contributed by atoms with E-state index in [9.17, 15) is 14.4 Å². The predicted molar refractivity (Wildman–Crippen MR) is 60.3 cm³/mol. The number of ether oxygens (including phenoxy) is 1. The molecule has 0 fully saturated rings. The van der Waals surface area contributed by atoms with E-state index in [2.05, 4.69) is 4.74 Å². The first-order valence-corrected chi connectivity index (χ1v) is 5.20. The second-order valence-corrected chi connectivity index (χ2v) is 4.74. The molecular weight excluding hydrogens is 226 g/mol. The predicted octanol–water partition coefficient (Wildman–Crippen LogP) is 0.509. The summed E-state index contributed by atoms with van der Waals surface area (Å²) in [5.74, 6) is -1.73. The Kier molecular flexibility index (Phi) is 5.64. The molecule has 0 heterocycles. The molecule has 1 amide bonds. The summed E-state index contributed by atoms with van der Waals surface area (Å²) < 4.78 is 4.44. The zero-order valence-electron chi connectivity index (χ0n) is 10.6. The maximum absolute atomic E-state index is 11.7. The van der Waals surface area contributed by atoms with Gasteiger partial charge in [0.2, 0.25) is 5.91 Å². The number of aliphatic carboxylic acids is 1. The van der Waals surface area contributed by atoms with Crippen molar-refractivity contribution in [3.63, 3.8) is 0 Å². The summed E-state index contributed by atoms with van der Waals surface area (Å²) in [6, 6.07) is 0. The fourth-order valence-corrected chi connectivity index (χ4v) is 1.36. The average Bonchev–Trinajstić information content (AvgIpc) is 2.14. The van der Waals surface area contributed by atoms with Gasteiger partial charge in [0.1, 0.15) is 6.54 Å². The van der Waals surface area contributed by atoms with E-state index in [0.29, 0.717) is 0 Å². The van der Waals surface area contributed by atoms with Crippen LogP contribution in [0.4, 0.5) is 0 Å². The van der Waals surface area contributed by atoms with Gasteiger partial charge in [0.05, 0.1) is 13.5 Å². The molecule has 0 saturated heterocycles. The molecule has 0 aliphatic rings. The largest absolute Gasteiger partial charge is 0.481 e. The number of nitrogens with zero attached hydrogens (tertiary/aromatic N) is 1. The van der Waals surface area contributed by atoms with Crippen molar-refractivity contribution in [3.05, 3.63) is 0 Å². The summed E-state index contributed by atoms with van der Waals surface area (Å²) in [5.41, 5.74) is -0.632. The van der Waals surface area contributed by atoms with E-state index in [1.807, 2.05) is 0 Å². The van der Waals surface area contributed by atoms with Crippen LogP contribution in [-0.2, 0) is 19.1 Å². The number of likely N-dealkylation sites (N-methyl/N-ethyl adjacent to an activating group) is 1. The van der Waals surface area contributed by atoms with Gasteiger partial charge < -0.3 is 14.7 Å². The van der Waals surface area contributed by atoms with Gasteiger partial charge in [-0.25, -0.2) is 0 Å². The Morgan fingerprint density at radius 1 is 1.24 bits per heavy atom. The first-order valence-electron chi connectivity index (χ1n) is 5.20. The lowest BCUT2D eigenvalue weighted by Gasteiger charge is -2.24. The van der Waals surface area contributed by atoms with Gasteiger partial charge in [0.15, 0.2) is 0 Å². The van der Waals surface area contributed by atoms with Crippen LogP contribution in [0.5, 0.6) is 0 Å². The summed E-state index contributed by atoms with van der Waals surface area (Å²) in [5, 5.41) is 8.69. The monoisotopic (exact) mass is 245 g/mol. The first kappa shape index (κ1) is 15.4. The molecule has 0 aliphatic carbocycles. The highest BCUT2D eigenvalue weighted by atomic mass is 16.5. The molecule has 0 aromatic heterocycles. The molecule has 0 rings (SSSR count). The summed E-state index contributed by atoms with van der Waals surface area (Å²) in [4.78, 5) is 34.5. The second-order valence-electron chi connectivity index (χ2n) is 4.74. The summed E-state index contributed by atoms with van der Waals surface area (Å²) in [6.07, 6.45) is -0.0163. The lowest BCUT2D eigenvalue weighted by atomic mass is 9.85. The van der Waals surface area contributed by atoms with Gasteiger partial charge in [0.25, 0.3) is 0 Å². The van der Waals surface area contributed by atoms with E-state index in [-0.39, 0.29) is 25.3 Å². The van der Waals surface area contributed by atoms with Crippen LogP contribution in [0.15, 0.2) is 0 Å². The van der Waals surface area contributed by atoms with Crippen LogP contribution in [0.1, 0.15) is 26.7 Å². The van der Waals surface area contributed by atoms with Crippen LogP contribution >= 0.6 is 0 Å². The van der Waals surface area contributed by atoms with Crippen LogP contribution < -0.4 is 0 Å². The Labute approximate surface area is 101 Å². The normalized spacial score (nSPS) is 10.8. The zero-order chi connectivity index (χ0) is 13.6. The number of amides is 1. The minimum absolute atomic E-state index is 0.0762. The fraction of sp³-hybridized carbons (Fsp3) is 0.727. The van der Waals surface area contributed by atoms with Crippen molar-refractivity contribution in [1.82, 2.24) is 4.90 Å². The number of carboxylic acid groups (broad SMARTS) is 1. The Morgan fingerprint density at radius 3 is 2.18 bits per heavy atom. The second kappa shape index (κ2) is 6.22. The molecule has 0 unspecified atom stereocenters. The average molecular weight is 245 g/mol. The van der Waals surface area contributed by atoms with Crippen molar-refractivity contribution in [2.24, 2.45) is 5.41 Å². The Hall–Kier alpha value is -1.59. The van der Waals surface area contributed by atoms with Crippen molar-refractivity contribution in [3.8, 4) is 0 Å². The molecule has 0 aromatic carbocycles. The highest BCUT2D eigenvalue weighted by molar-refractivity contribution is 5.82. The smallest absolute Gasteiger partial charge is 0.325 e. The highest BCUT2D eigenvalue weighted by Crippen LogP contribution is 2.25. The number of rotatable bonds is 6. The van der Waals surface area contributed by atoms with E-state index in [1.165, 1.54) is 19.1 Å². The zero-order valence-corrected chi connectivity index (χ0v) is 10.6. The summed E-state index contributed by atoms with van der Waals surface area (Å²) >= 11 is 0. The van der Waals surface area contributed by atoms with Crippen LogP contribution in [0.2, 0.25) is 0 Å². The standard InChI is InChI=1S/C11H19NO5/c1-11(2,6-9(14)15)5-8(13)12(3)7-10(16)17-4/h5-7H2,1-4H3,(H,14,15). The maximum Gasteiger partial charge on any atom is 0.325 e. The van der Waals surface area contributed by atoms with Gasteiger partial charge >= 0.3 is 11.9 Å². The molecule has 17 heavy (non-hydrogen) atoms. The number of carboxylic acids is 1. The van der Waals surface area contributed by atoms with Crippen molar-refractivity contribution >= 4 is 17.8 Å². The van der Waals surface area contributed by atoms with E-state index in [0.717, 1.165) is 0 Å². The molecule has 6 nitrogen and oxygen atoms in total. The Balaban J connectivity index is 4.33. The van der Waals surface area contributed by atoms with Crippen molar-refractivity contribution in [2.45, 2.75) is 26.7 Å². The lowest BCUT2D eigenvalue weighted by Crippen LogP contribution is -2.35. The van der Waals surface area contributed by atoms with E-state index >= 15 is 0 Å². The molecule has 0 bridgehead atoms.